The second-order valence-corrected chi connectivity index (χ2v) is 5.07. The molecule has 1 heterocycles. The minimum atomic E-state index is -0.765. The summed E-state index contributed by atoms with van der Waals surface area (Å²) in [4.78, 5) is 22.8. The number of carbonyl (C=O) groups excluding carboxylic acids is 1. The van der Waals surface area contributed by atoms with Gasteiger partial charge in [0.05, 0.1) is 5.92 Å². The lowest BCUT2D eigenvalue weighted by molar-refractivity contribution is -0.141. The quantitative estimate of drug-likeness (QED) is 0.772. The molecule has 1 saturated carbocycles. The first-order valence-electron chi connectivity index (χ1n) is 6.45. The van der Waals surface area contributed by atoms with E-state index in [-0.39, 0.29) is 17.7 Å². The van der Waals surface area contributed by atoms with E-state index in [0.29, 0.717) is 19.3 Å². The maximum absolute atomic E-state index is 11.9. The van der Waals surface area contributed by atoms with E-state index >= 15 is 0 Å². The van der Waals surface area contributed by atoms with Crippen molar-refractivity contribution in [2.45, 2.75) is 38.5 Å². The molecule has 5 heteroatoms. The third-order valence-electron chi connectivity index (χ3n) is 3.78. The number of aliphatic carboxylic acids is 1. The van der Waals surface area contributed by atoms with Crippen molar-refractivity contribution in [2.24, 2.45) is 11.8 Å². The van der Waals surface area contributed by atoms with Crippen LogP contribution in [0, 0.1) is 11.8 Å². The average Bonchev–Trinajstić information content (AvgIpc) is 2.79. The third kappa shape index (κ3) is 3.19. The number of carboxylic acid groups (broad SMARTS) is 1. The van der Waals surface area contributed by atoms with Crippen LogP contribution in [-0.4, -0.2) is 35.1 Å². The molecule has 0 aromatic carbocycles. The highest BCUT2D eigenvalue weighted by atomic mass is 16.4. The smallest absolute Gasteiger partial charge is 0.306 e. The van der Waals surface area contributed by atoms with Gasteiger partial charge >= 0.3 is 5.97 Å². The summed E-state index contributed by atoms with van der Waals surface area (Å²) in [6.07, 6.45) is 5.32. The molecule has 0 aromatic rings. The molecular formula is C12H20N2O3. The van der Waals surface area contributed by atoms with Gasteiger partial charge < -0.3 is 5.11 Å². The van der Waals surface area contributed by atoms with Gasteiger partial charge in [-0.15, -0.1) is 0 Å². The third-order valence-corrected chi connectivity index (χ3v) is 3.78. The average molecular weight is 240 g/mol. The van der Waals surface area contributed by atoms with Crippen LogP contribution in [0.25, 0.3) is 0 Å². The van der Waals surface area contributed by atoms with Crippen LogP contribution in [0.5, 0.6) is 0 Å². The molecule has 1 aliphatic heterocycles. The topological polar surface area (TPSA) is 69.6 Å². The highest BCUT2D eigenvalue weighted by Crippen LogP contribution is 2.31. The first-order chi connectivity index (χ1) is 8.16. The van der Waals surface area contributed by atoms with Gasteiger partial charge in [0, 0.05) is 19.0 Å². The fraction of sp³-hybridized carbons (Fsp3) is 0.833. The Balaban J connectivity index is 1.78. The number of hydrazine groups is 1. The number of amides is 1. The number of carboxylic acids is 1. The van der Waals surface area contributed by atoms with Crippen molar-refractivity contribution in [3.63, 3.8) is 0 Å². The van der Waals surface area contributed by atoms with Gasteiger partial charge in [0.25, 0.3) is 0 Å². The van der Waals surface area contributed by atoms with E-state index in [1.54, 1.807) is 0 Å². The molecule has 2 aliphatic rings. The van der Waals surface area contributed by atoms with Crippen molar-refractivity contribution in [2.75, 3.05) is 13.1 Å². The van der Waals surface area contributed by atoms with Crippen LogP contribution < -0.4 is 5.43 Å². The molecule has 0 unspecified atom stereocenters. The summed E-state index contributed by atoms with van der Waals surface area (Å²) >= 11 is 0. The number of hydrogen-bond donors (Lipinski definition) is 2. The Morgan fingerprint density at radius 3 is 2.29 bits per heavy atom. The second-order valence-electron chi connectivity index (χ2n) is 5.07. The van der Waals surface area contributed by atoms with Crippen LogP contribution in [0.15, 0.2) is 0 Å². The van der Waals surface area contributed by atoms with E-state index < -0.39 is 5.97 Å². The van der Waals surface area contributed by atoms with Gasteiger partial charge in [-0.1, -0.05) is 6.42 Å². The molecule has 1 amide bonds. The lowest BCUT2D eigenvalue weighted by Crippen LogP contribution is -2.47. The molecule has 2 atom stereocenters. The summed E-state index contributed by atoms with van der Waals surface area (Å²) in [5.41, 5.74) is 2.92. The molecule has 2 fully saturated rings. The first kappa shape index (κ1) is 12.4. The fourth-order valence-corrected chi connectivity index (χ4v) is 2.70. The normalized spacial score (nSPS) is 30.1. The molecule has 17 heavy (non-hydrogen) atoms. The fourth-order valence-electron chi connectivity index (χ4n) is 2.70. The standard InChI is InChI=1S/C12H20N2O3/c15-11(13-14-6-2-1-3-7-14)9-4-5-10(8-9)12(16)17/h9-10H,1-8H2,(H,13,15)(H,16,17)/t9-,10+/m1/s1. The Morgan fingerprint density at radius 2 is 1.71 bits per heavy atom. The van der Waals surface area contributed by atoms with Crippen molar-refractivity contribution in [3.05, 3.63) is 0 Å². The maximum atomic E-state index is 11.9. The summed E-state index contributed by atoms with van der Waals surface area (Å²) in [7, 11) is 0. The molecule has 5 nitrogen and oxygen atoms in total. The molecular weight excluding hydrogens is 220 g/mol. The summed E-state index contributed by atoms with van der Waals surface area (Å²) < 4.78 is 0. The van der Waals surface area contributed by atoms with E-state index in [0.717, 1.165) is 25.9 Å². The monoisotopic (exact) mass is 240 g/mol. The van der Waals surface area contributed by atoms with Crippen LogP contribution >= 0.6 is 0 Å². The first-order valence-corrected chi connectivity index (χ1v) is 6.45. The zero-order valence-corrected chi connectivity index (χ0v) is 10.0. The lowest BCUT2D eigenvalue weighted by atomic mass is 10.0. The number of hydrogen-bond acceptors (Lipinski definition) is 3. The summed E-state index contributed by atoms with van der Waals surface area (Å²) in [5.74, 6) is -1.20. The van der Waals surface area contributed by atoms with Crippen molar-refractivity contribution in [3.8, 4) is 0 Å². The number of nitrogens with one attached hydrogen (secondary N) is 1. The predicted octanol–water partition coefficient (Wildman–Crippen LogP) is 1.00. The Labute approximate surface area is 101 Å². The van der Waals surface area contributed by atoms with Gasteiger partial charge in [0.2, 0.25) is 5.91 Å². The minimum absolute atomic E-state index is 0.00986. The molecule has 96 valence electrons. The molecule has 0 radical (unpaired) electrons. The molecule has 0 bridgehead atoms. The Bertz CT molecular complexity index is 300. The molecule has 0 spiro atoms. The van der Waals surface area contributed by atoms with Crippen molar-refractivity contribution >= 4 is 11.9 Å². The molecule has 1 aliphatic carbocycles. The minimum Gasteiger partial charge on any atom is -0.481 e. The Morgan fingerprint density at radius 1 is 1.06 bits per heavy atom. The van der Waals surface area contributed by atoms with Gasteiger partial charge in [-0.05, 0) is 32.1 Å². The summed E-state index contributed by atoms with van der Waals surface area (Å²) in [5, 5.41) is 10.9. The van der Waals surface area contributed by atoms with Crippen LogP contribution in [0.4, 0.5) is 0 Å². The van der Waals surface area contributed by atoms with Gasteiger partial charge in [-0.2, -0.15) is 0 Å². The van der Waals surface area contributed by atoms with Gasteiger partial charge in [0.15, 0.2) is 0 Å². The zero-order chi connectivity index (χ0) is 12.3. The molecule has 0 aromatic heterocycles. The van der Waals surface area contributed by atoms with Gasteiger partial charge in [0.1, 0.15) is 0 Å². The van der Waals surface area contributed by atoms with E-state index in [9.17, 15) is 9.59 Å². The summed E-state index contributed by atoms with van der Waals surface area (Å²) in [6.45, 7) is 1.83. The molecule has 2 rings (SSSR count). The van der Waals surface area contributed by atoms with Crippen LogP contribution in [0.3, 0.4) is 0 Å². The molecule has 2 N–H and O–H groups in total. The van der Waals surface area contributed by atoms with E-state index in [2.05, 4.69) is 5.43 Å². The SMILES string of the molecule is O=C(O)[C@H]1CC[C@@H](C(=O)NN2CCCCC2)C1. The number of carbonyl (C=O) groups is 2. The van der Waals surface area contributed by atoms with Gasteiger partial charge in [-0.3, -0.25) is 15.0 Å². The van der Waals surface area contributed by atoms with Crippen LogP contribution in [0.1, 0.15) is 38.5 Å². The second kappa shape index (κ2) is 5.49. The van der Waals surface area contributed by atoms with Crippen LogP contribution in [-0.2, 0) is 9.59 Å². The highest BCUT2D eigenvalue weighted by Gasteiger charge is 2.34. The Kier molecular flexibility index (Phi) is 3.99. The van der Waals surface area contributed by atoms with Crippen molar-refractivity contribution in [1.29, 1.82) is 0 Å². The van der Waals surface area contributed by atoms with Crippen molar-refractivity contribution < 1.29 is 14.7 Å². The van der Waals surface area contributed by atoms with E-state index in [1.165, 1.54) is 6.42 Å². The summed E-state index contributed by atoms with van der Waals surface area (Å²) in [6, 6.07) is 0. The number of rotatable bonds is 3. The number of piperidine rings is 1. The van der Waals surface area contributed by atoms with E-state index in [4.69, 9.17) is 5.11 Å². The molecule has 1 saturated heterocycles. The Hall–Kier alpha value is -1.10. The largest absolute Gasteiger partial charge is 0.481 e. The lowest BCUT2D eigenvalue weighted by Gasteiger charge is -2.28. The number of nitrogens with zero attached hydrogens (tertiary/aromatic N) is 1. The maximum Gasteiger partial charge on any atom is 0.306 e. The van der Waals surface area contributed by atoms with Gasteiger partial charge in [-0.25, -0.2) is 5.01 Å². The predicted molar refractivity (Wildman–Crippen MR) is 62.0 cm³/mol. The van der Waals surface area contributed by atoms with Crippen molar-refractivity contribution in [1.82, 2.24) is 10.4 Å². The van der Waals surface area contributed by atoms with E-state index in [1.807, 2.05) is 5.01 Å². The van der Waals surface area contributed by atoms with Crippen LogP contribution in [0.2, 0.25) is 0 Å². The zero-order valence-electron chi connectivity index (χ0n) is 10.0. The highest BCUT2D eigenvalue weighted by molar-refractivity contribution is 5.80.